The molecule has 0 atom stereocenters. The zero-order chi connectivity index (χ0) is 14.7. The first kappa shape index (κ1) is 15.0. The molecular formula is C15H22N2O2S. The minimum atomic E-state index is -0.474. The van der Waals surface area contributed by atoms with Gasteiger partial charge in [-0.05, 0) is 31.7 Å². The van der Waals surface area contributed by atoms with Crippen LogP contribution in [0, 0.1) is 19.8 Å². The van der Waals surface area contributed by atoms with Crippen LogP contribution in [-0.4, -0.2) is 11.8 Å². The van der Waals surface area contributed by atoms with Gasteiger partial charge in [-0.1, -0.05) is 25.7 Å². The van der Waals surface area contributed by atoms with Crippen molar-refractivity contribution in [2.75, 3.05) is 5.32 Å². The Morgan fingerprint density at radius 2 is 1.95 bits per heavy atom. The van der Waals surface area contributed by atoms with Crippen molar-refractivity contribution in [2.45, 2.75) is 52.4 Å². The largest absolute Gasteiger partial charge is 0.365 e. The minimum absolute atomic E-state index is 0.0133. The topological polar surface area (TPSA) is 72.2 Å². The summed E-state index contributed by atoms with van der Waals surface area (Å²) in [6.45, 7) is 3.79. The van der Waals surface area contributed by atoms with Gasteiger partial charge in [0.15, 0.2) is 0 Å². The molecule has 0 unspecified atom stereocenters. The van der Waals surface area contributed by atoms with Gasteiger partial charge in [0.1, 0.15) is 5.00 Å². The number of rotatable bonds is 5. The van der Waals surface area contributed by atoms with Gasteiger partial charge in [0, 0.05) is 11.3 Å². The van der Waals surface area contributed by atoms with Crippen molar-refractivity contribution in [3.05, 3.63) is 16.0 Å². The summed E-state index contributed by atoms with van der Waals surface area (Å²) in [5, 5.41) is 3.46. The summed E-state index contributed by atoms with van der Waals surface area (Å²) < 4.78 is 0. The van der Waals surface area contributed by atoms with Crippen molar-refractivity contribution in [2.24, 2.45) is 11.7 Å². The summed E-state index contributed by atoms with van der Waals surface area (Å²) in [6.07, 6.45) is 6.55. The van der Waals surface area contributed by atoms with Crippen LogP contribution in [0.3, 0.4) is 0 Å². The summed E-state index contributed by atoms with van der Waals surface area (Å²) in [6, 6.07) is 0. The van der Waals surface area contributed by atoms with Crippen LogP contribution in [0.25, 0.3) is 0 Å². The van der Waals surface area contributed by atoms with Gasteiger partial charge in [-0.2, -0.15) is 0 Å². The molecule has 20 heavy (non-hydrogen) atoms. The highest BCUT2D eigenvalue weighted by atomic mass is 32.1. The first-order valence-electron chi connectivity index (χ1n) is 7.18. The van der Waals surface area contributed by atoms with E-state index in [1.54, 1.807) is 0 Å². The molecule has 110 valence electrons. The number of aryl methyl sites for hydroxylation is 1. The van der Waals surface area contributed by atoms with Gasteiger partial charge < -0.3 is 11.1 Å². The van der Waals surface area contributed by atoms with Crippen molar-refractivity contribution < 1.29 is 9.59 Å². The lowest BCUT2D eigenvalue weighted by Crippen LogP contribution is -2.17. The Labute approximate surface area is 123 Å². The average Bonchev–Trinajstić information content (AvgIpc) is 2.96. The van der Waals surface area contributed by atoms with Crippen LogP contribution in [0.15, 0.2) is 0 Å². The van der Waals surface area contributed by atoms with Crippen molar-refractivity contribution in [3.8, 4) is 0 Å². The molecule has 0 bridgehead atoms. The molecule has 2 amide bonds. The highest BCUT2D eigenvalue weighted by Crippen LogP contribution is 2.33. The van der Waals surface area contributed by atoms with E-state index in [0.717, 1.165) is 16.9 Å². The molecule has 0 saturated heterocycles. The van der Waals surface area contributed by atoms with Crippen LogP contribution in [0.2, 0.25) is 0 Å². The fraction of sp³-hybridized carbons (Fsp3) is 0.600. The van der Waals surface area contributed by atoms with Crippen LogP contribution in [0.5, 0.6) is 0 Å². The number of nitrogens with one attached hydrogen (secondary N) is 1. The van der Waals surface area contributed by atoms with Gasteiger partial charge in [0.2, 0.25) is 5.91 Å². The van der Waals surface area contributed by atoms with Crippen molar-refractivity contribution in [1.29, 1.82) is 0 Å². The quantitative estimate of drug-likeness (QED) is 0.874. The van der Waals surface area contributed by atoms with E-state index in [9.17, 15) is 9.59 Å². The molecule has 0 radical (unpaired) electrons. The van der Waals surface area contributed by atoms with Crippen LogP contribution in [0.1, 0.15) is 59.3 Å². The Kier molecular flexibility index (Phi) is 4.81. The fourth-order valence-corrected chi connectivity index (χ4v) is 3.92. The van der Waals surface area contributed by atoms with E-state index < -0.39 is 5.91 Å². The predicted molar refractivity (Wildman–Crippen MR) is 82.1 cm³/mol. The molecule has 0 aliphatic heterocycles. The molecule has 0 aromatic carbocycles. The molecule has 1 saturated carbocycles. The van der Waals surface area contributed by atoms with E-state index in [0.29, 0.717) is 22.9 Å². The summed E-state index contributed by atoms with van der Waals surface area (Å²) in [7, 11) is 0. The number of primary amides is 1. The van der Waals surface area contributed by atoms with Gasteiger partial charge in [-0.3, -0.25) is 9.59 Å². The lowest BCUT2D eigenvalue weighted by atomic mass is 10.0. The first-order chi connectivity index (χ1) is 9.49. The third-order valence-corrected chi connectivity index (χ3v) is 5.26. The number of amides is 2. The number of carbonyl (C=O) groups excluding carboxylic acids is 2. The highest BCUT2D eigenvalue weighted by molar-refractivity contribution is 7.16. The second-order valence-corrected chi connectivity index (χ2v) is 6.81. The van der Waals surface area contributed by atoms with E-state index in [4.69, 9.17) is 5.73 Å². The number of hydrogen-bond acceptors (Lipinski definition) is 3. The Morgan fingerprint density at radius 3 is 2.55 bits per heavy atom. The smallest absolute Gasteiger partial charge is 0.251 e. The maximum Gasteiger partial charge on any atom is 0.251 e. The van der Waals surface area contributed by atoms with E-state index in [2.05, 4.69) is 5.32 Å². The molecule has 2 rings (SSSR count). The van der Waals surface area contributed by atoms with Crippen LogP contribution in [0.4, 0.5) is 5.00 Å². The van der Waals surface area contributed by atoms with Crippen LogP contribution >= 0.6 is 11.3 Å². The average molecular weight is 294 g/mol. The maximum atomic E-state index is 12.0. The number of thiophene rings is 1. The summed E-state index contributed by atoms with van der Waals surface area (Å²) in [5.74, 6) is 0.210. The van der Waals surface area contributed by atoms with E-state index in [1.165, 1.54) is 37.0 Å². The summed E-state index contributed by atoms with van der Waals surface area (Å²) in [5.41, 5.74) is 6.72. The van der Waals surface area contributed by atoms with E-state index in [-0.39, 0.29) is 5.91 Å². The maximum absolute atomic E-state index is 12.0. The third kappa shape index (κ3) is 3.39. The zero-order valence-electron chi connectivity index (χ0n) is 12.1. The Morgan fingerprint density at radius 1 is 1.30 bits per heavy atom. The number of carbonyl (C=O) groups is 2. The van der Waals surface area contributed by atoms with E-state index in [1.807, 2.05) is 13.8 Å². The van der Waals surface area contributed by atoms with Crippen molar-refractivity contribution in [3.63, 3.8) is 0 Å². The van der Waals surface area contributed by atoms with Crippen LogP contribution < -0.4 is 11.1 Å². The molecule has 1 fully saturated rings. The van der Waals surface area contributed by atoms with Crippen LogP contribution in [-0.2, 0) is 4.79 Å². The zero-order valence-corrected chi connectivity index (χ0v) is 12.9. The Bertz CT molecular complexity index is 516. The molecule has 1 heterocycles. The third-order valence-electron chi connectivity index (χ3n) is 4.14. The SMILES string of the molecule is Cc1sc(NC(=O)CCC2CCCC2)c(C(N)=O)c1C. The number of anilines is 1. The molecule has 1 aromatic heterocycles. The van der Waals surface area contributed by atoms with Gasteiger partial charge in [-0.15, -0.1) is 11.3 Å². The second kappa shape index (κ2) is 6.39. The minimum Gasteiger partial charge on any atom is -0.365 e. The molecule has 1 aliphatic rings. The monoisotopic (exact) mass is 294 g/mol. The van der Waals surface area contributed by atoms with Gasteiger partial charge in [0.05, 0.1) is 5.56 Å². The van der Waals surface area contributed by atoms with Crippen molar-refractivity contribution >= 4 is 28.2 Å². The summed E-state index contributed by atoms with van der Waals surface area (Å²) >= 11 is 1.42. The molecular weight excluding hydrogens is 272 g/mol. The normalized spacial score (nSPS) is 15.5. The Hall–Kier alpha value is -1.36. The lowest BCUT2D eigenvalue weighted by molar-refractivity contribution is -0.116. The van der Waals surface area contributed by atoms with Gasteiger partial charge in [0.25, 0.3) is 5.91 Å². The Balaban J connectivity index is 1.96. The summed E-state index contributed by atoms with van der Waals surface area (Å²) in [4.78, 5) is 24.5. The lowest BCUT2D eigenvalue weighted by Gasteiger charge is -2.09. The molecule has 3 N–H and O–H groups in total. The highest BCUT2D eigenvalue weighted by Gasteiger charge is 2.20. The van der Waals surface area contributed by atoms with E-state index >= 15 is 0 Å². The molecule has 0 spiro atoms. The first-order valence-corrected chi connectivity index (χ1v) is 8.00. The number of nitrogens with two attached hydrogens (primary N) is 1. The van der Waals surface area contributed by atoms with Crippen molar-refractivity contribution in [1.82, 2.24) is 0 Å². The molecule has 1 aliphatic carbocycles. The molecule has 4 nitrogen and oxygen atoms in total. The van der Waals surface area contributed by atoms with Gasteiger partial charge in [-0.25, -0.2) is 0 Å². The van der Waals surface area contributed by atoms with Gasteiger partial charge >= 0.3 is 0 Å². The molecule has 1 aromatic rings. The number of hydrogen-bond donors (Lipinski definition) is 2. The standard InChI is InChI=1S/C15H22N2O2S/c1-9-10(2)20-15(13(9)14(16)19)17-12(18)8-7-11-5-3-4-6-11/h11H,3-8H2,1-2H3,(H2,16,19)(H,17,18). The predicted octanol–water partition coefficient (Wildman–Crippen LogP) is 3.37. The molecule has 5 heteroatoms. The fourth-order valence-electron chi connectivity index (χ4n) is 2.84. The second-order valence-electron chi connectivity index (χ2n) is 5.59.